The zero-order valence-corrected chi connectivity index (χ0v) is 10.2. The number of hydrogen-bond donors (Lipinski definition) is 1. The van der Waals surface area contributed by atoms with Crippen molar-refractivity contribution in [3.05, 3.63) is 0 Å². The average molecular weight is 217 g/mol. The summed E-state index contributed by atoms with van der Waals surface area (Å²) in [5, 5.41) is 0.831. The van der Waals surface area contributed by atoms with Crippen molar-refractivity contribution in [2.24, 2.45) is 11.1 Å². The molecule has 1 saturated heterocycles. The smallest absolute Gasteiger partial charge is 0.0476 e. The molecule has 0 unspecified atom stereocenters. The molecule has 0 spiro atoms. The lowest BCUT2D eigenvalue weighted by atomic mass is 9.91. The van der Waals surface area contributed by atoms with Crippen molar-refractivity contribution >= 4 is 11.8 Å². The number of thioether (sulfide) groups is 1. The molecule has 3 heteroatoms. The second-order valence-electron chi connectivity index (χ2n) is 4.80. The summed E-state index contributed by atoms with van der Waals surface area (Å²) in [5.41, 5.74) is 6.01. The maximum absolute atomic E-state index is 5.70. The first-order valence-corrected chi connectivity index (χ1v) is 6.58. The van der Waals surface area contributed by atoms with Gasteiger partial charge in [0.25, 0.3) is 0 Å². The first kappa shape index (κ1) is 12.3. The molecule has 1 rings (SSSR count). The summed E-state index contributed by atoms with van der Waals surface area (Å²) >= 11 is 2.10. The molecule has 0 atom stereocenters. The summed E-state index contributed by atoms with van der Waals surface area (Å²) in [6.07, 6.45) is 3.69. The standard InChI is InChI=1S/C11H23NOS/c1-11(2,9-12)5-8-14-10-3-6-13-7-4-10/h10H,3-9,12H2,1-2H3. The van der Waals surface area contributed by atoms with E-state index in [-0.39, 0.29) is 0 Å². The maximum Gasteiger partial charge on any atom is 0.0476 e. The second kappa shape index (κ2) is 5.99. The fraction of sp³-hybridized carbons (Fsp3) is 1.00. The molecule has 1 fully saturated rings. The first-order chi connectivity index (χ1) is 6.64. The molecule has 0 aromatic heterocycles. The van der Waals surface area contributed by atoms with Crippen LogP contribution in [0, 0.1) is 5.41 Å². The third-order valence-corrected chi connectivity index (χ3v) is 4.24. The van der Waals surface area contributed by atoms with Crippen molar-refractivity contribution in [2.75, 3.05) is 25.5 Å². The highest BCUT2D eigenvalue weighted by Crippen LogP contribution is 2.27. The van der Waals surface area contributed by atoms with Gasteiger partial charge in [0.05, 0.1) is 0 Å². The van der Waals surface area contributed by atoms with Gasteiger partial charge in [-0.2, -0.15) is 11.8 Å². The Balaban J connectivity index is 2.08. The number of rotatable bonds is 5. The van der Waals surface area contributed by atoms with E-state index in [4.69, 9.17) is 10.5 Å². The third-order valence-electron chi connectivity index (χ3n) is 2.85. The molecule has 1 heterocycles. The van der Waals surface area contributed by atoms with Crippen molar-refractivity contribution in [2.45, 2.75) is 38.4 Å². The molecule has 0 bridgehead atoms. The Bertz CT molecular complexity index is 155. The Kier molecular flexibility index (Phi) is 5.28. The summed E-state index contributed by atoms with van der Waals surface area (Å²) in [6, 6.07) is 0. The van der Waals surface area contributed by atoms with E-state index in [2.05, 4.69) is 25.6 Å². The molecule has 0 aromatic rings. The molecule has 0 aromatic carbocycles. The average Bonchev–Trinajstić information content (AvgIpc) is 2.19. The molecular weight excluding hydrogens is 194 g/mol. The molecule has 0 saturated carbocycles. The summed E-state index contributed by atoms with van der Waals surface area (Å²) in [5.74, 6) is 1.24. The van der Waals surface area contributed by atoms with Crippen LogP contribution in [0.4, 0.5) is 0 Å². The normalized spacial score (nSPS) is 19.9. The fourth-order valence-electron chi connectivity index (χ4n) is 1.45. The van der Waals surface area contributed by atoms with E-state index < -0.39 is 0 Å². The van der Waals surface area contributed by atoms with Crippen molar-refractivity contribution < 1.29 is 4.74 Å². The van der Waals surface area contributed by atoms with Crippen LogP contribution < -0.4 is 5.73 Å². The van der Waals surface area contributed by atoms with E-state index in [1.165, 1.54) is 25.0 Å². The largest absolute Gasteiger partial charge is 0.381 e. The lowest BCUT2D eigenvalue weighted by Crippen LogP contribution is -2.25. The summed E-state index contributed by atoms with van der Waals surface area (Å²) in [4.78, 5) is 0. The topological polar surface area (TPSA) is 35.2 Å². The van der Waals surface area contributed by atoms with Crippen LogP contribution in [-0.2, 0) is 4.74 Å². The highest BCUT2D eigenvalue weighted by molar-refractivity contribution is 7.99. The molecule has 1 aliphatic rings. The Morgan fingerprint density at radius 2 is 2.00 bits per heavy atom. The molecule has 84 valence electrons. The summed E-state index contributed by atoms with van der Waals surface area (Å²) in [7, 11) is 0. The van der Waals surface area contributed by atoms with Gasteiger partial charge in [0.15, 0.2) is 0 Å². The molecule has 0 aliphatic carbocycles. The SMILES string of the molecule is CC(C)(CN)CCSC1CCOCC1. The Hall–Kier alpha value is 0.270. The quantitative estimate of drug-likeness (QED) is 0.767. The van der Waals surface area contributed by atoms with Gasteiger partial charge >= 0.3 is 0 Å². The van der Waals surface area contributed by atoms with Crippen LogP contribution in [0.25, 0.3) is 0 Å². The van der Waals surface area contributed by atoms with Crippen molar-refractivity contribution in [1.29, 1.82) is 0 Å². The lowest BCUT2D eigenvalue weighted by molar-refractivity contribution is 0.1000. The molecule has 0 amide bonds. The minimum Gasteiger partial charge on any atom is -0.381 e. The van der Waals surface area contributed by atoms with Crippen LogP contribution in [0.1, 0.15) is 33.1 Å². The van der Waals surface area contributed by atoms with E-state index in [9.17, 15) is 0 Å². The van der Waals surface area contributed by atoms with Gasteiger partial charge in [-0.25, -0.2) is 0 Å². The Morgan fingerprint density at radius 1 is 1.36 bits per heavy atom. The molecule has 1 aliphatic heterocycles. The zero-order valence-electron chi connectivity index (χ0n) is 9.42. The summed E-state index contributed by atoms with van der Waals surface area (Å²) in [6.45, 7) is 7.20. The second-order valence-corrected chi connectivity index (χ2v) is 6.21. The third kappa shape index (κ3) is 4.67. The monoisotopic (exact) mass is 217 g/mol. The molecular formula is C11H23NOS. The maximum atomic E-state index is 5.70. The zero-order chi connectivity index (χ0) is 10.4. The highest BCUT2D eigenvalue weighted by Gasteiger charge is 2.18. The van der Waals surface area contributed by atoms with Crippen LogP contribution in [0.5, 0.6) is 0 Å². The minimum absolute atomic E-state index is 0.318. The molecule has 0 radical (unpaired) electrons. The Morgan fingerprint density at radius 3 is 2.57 bits per heavy atom. The molecule has 2 N–H and O–H groups in total. The molecule has 14 heavy (non-hydrogen) atoms. The van der Waals surface area contributed by atoms with Crippen LogP contribution in [0.15, 0.2) is 0 Å². The fourth-order valence-corrected chi connectivity index (χ4v) is 2.98. The van der Waals surface area contributed by atoms with Crippen LogP contribution in [0.2, 0.25) is 0 Å². The van der Waals surface area contributed by atoms with Crippen molar-refractivity contribution in [3.8, 4) is 0 Å². The van der Waals surface area contributed by atoms with Gasteiger partial charge in [0.1, 0.15) is 0 Å². The number of nitrogens with two attached hydrogens (primary N) is 1. The van der Waals surface area contributed by atoms with Gasteiger partial charge in [-0.1, -0.05) is 13.8 Å². The predicted octanol–water partition coefficient (Wildman–Crippen LogP) is 2.27. The van der Waals surface area contributed by atoms with Crippen molar-refractivity contribution in [1.82, 2.24) is 0 Å². The number of hydrogen-bond acceptors (Lipinski definition) is 3. The van der Waals surface area contributed by atoms with Gasteiger partial charge in [-0.05, 0) is 37.0 Å². The lowest BCUT2D eigenvalue weighted by Gasteiger charge is -2.25. The van der Waals surface area contributed by atoms with Crippen LogP contribution >= 0.6 is 11.8 Å². The van der Waals surface area contributed by atoms with Crippen molar-refractivity contribution in [3.63, 3.8) is 0 Å². The first-order valence-electron chi connectivity index (χ1n) is 5.53. The van der Waals surface area contributed by atoms with Gasteiger partial charge in [-0.3, -0.25) is 0 Å². The minimum atomic E-state index is 0.318. The van der Waals surface area contributed by atoms with E-state index in [1.54, 1.807) is 0 Å². The molecule has 2 nitrogen and oxygen atoms in total. The van der Waals surface area contributed by atoms with Gasteiger partial charge < -0.3 is 10.5 Å². The van der Waals surface area contributed by atoms with E-state index in [0.29, 0.717) is 5.41 Å². The van der Waals surface area contributed by atoms with Crippen LogP contribution in [-0.4, -0.2) is 30.8 Å². The predicted molar refractivity (Wildman–Crippen MR) is 63.8 cm³/mol. The number of ether oxygens (including phenoxy) is 1. The Labute approximate surface area is 92.0 Å². The summed E-state index contributed by atoms with van der Waals surface area (Å²) < 4.78 is 5.33. The van der Waals surface area contributed by atoms with E-state index >= 15 is 0 Å². The van der Waals surface area contributed by atoms with Crippen LogP contribution in [0.3, 0.4) is 0 Å². The van der Waals surface area contributed by atoms with E-state index in [0.717, 1.165) is 25.0 Å². The van der Waals surface area contributed by atoms with E-state index in [1.807, 2.05) is 0 Å². The van der Waals surface area contributed by atoms with Gasteiger partial charge in [0, 0.05) is 18.5 Å². The van der Waals surface area contributed by atoms with Gasteiger partial charge in [-0.15, -0.1) is 0 Å². The van der Waals surface area contributed by atoms with Gasteiger partial charge in [0.2, 0.25) is 0 Å². The highest BCUT2D eigenvalue weighted by atomic mass is 32.2.